The third kappa shape index (κ3) is 1.90. The van der Waals surface area contributed by atoms with E-state index in [1.165, 1.54) is 26.4 Å². The van der Waals surface area contributed by atoms with E-state index in [4.69, 9.17) is 22.1 Å². The van der Waals surface area contributed by atoms with Gasteiger partial charge in [0, 0.05) is 5.69 Å². The first kappa shape index (κ1) is 10.7. The number of halogens is 1. The first-order valence-electron chi connectivity index (χ1n) is 3.81. The van der Waals surface area contributed by atoms with Crippen LogP contribution in [0.3, 0.4) is 0 Å². The topological polar surface area (TPSA) is 61.5 Å². The van der Waals surface area contributed by atoms with E-state index in [1.807, 2.05) is 0 Å². The molecule has 0 bridgehead atoms. The van der Waals surface area contributed by atoms with Gasteiger partial charge < -0.3 is 15.2 Å². The minimum Gasteiger partial charge on any atom is -0.494 e. The van der Waals surface area contributed by atoms with Gasteiger partial charge in [-0.05, 0) is 12.1 Å². The van der Waals surface area contributed by atoms with Crippen molar-refractivity contribution in [2.24, 2.45) is 0 Å². The fraction of sp³-hybridized carbons (Fsp3) is 0.222. The number of rotatable bonds is 2. The molecular formula is C9H10ClNO3. The molecule has 0 fully saturated rings. The van der Waals surface area contributed by atoms with Crippen LogP contribution >= 0.6 is 11.6 Å². The van der Waals surface area contributed by atoms with Crippen molar-refractivity contribution in [2.75, 3.05) is 20.0 Å². The Balaban J connectivity index is 3.32. The zero-order valence-electron chi connectivity index (χ0n) is 7.83. The van der Waals surface area contributed by atoms with Gasteiger partial charge in [0.05, 0.1) is 19.2 Å². The van der Waals surface area contributed by atoms with Crippen molar-refractivity contribution in [3.63, 3.8) is 0 Å². The van der Waals surface area contributed by atoms with Gasteiger partial charge in [-0.15, -0.1) is 0 Å². The highest BCUT2D eigenvalue weighted by Crippen LogP contribution is 2.31. The van der Waals surface area contributed by atoms with Crippen LogP contribution in [-0.2, 0) is 4.74 Å². The molecule has 0 saturated heterocycles. The Morgan fingerprint density at radius 3 is 2.57 bits per heavy atom. The van der Waals surface area contributed by atoms with Gasteiger partial charge in [-0.3, -0.25) is 0 Å². The van der Waals surface area contributed by atoms with Crippen LogP contribution in [0.15, 0.2) is 12.1 Å². The fourth-order valence-corrected chi connectivity index (χ4v) is 1.39. The summed E-state index contributed by atoms with van der Waals surface area (Å²) in [5.41, 5.74) is 6.14. The Bertz CT molecular complexity index is 365. The number of hydrogen-bond donors (Lipinski definition) is 1. The molecule has 1 rings (SSSR count). The van der Waals surface area contributed by atoms with Gasteiger partial charge in [0.15, 0.2) is 5.75 Å². The van der Waals surface area contributed by atoms with Crippen LogP contribution < -0.4 is 10.5 Å². The van der Waals surface area contributed by atoms with Gasteiger partial charge in [-0.1, -0.05) is 11.6 Å². The van der Waals surface area contributed by atoms with E-state index in [-0.39, 0.29) is 16.3 Å². The summed E-state index contributed by atoms with van der Waals surface area (Å²) in [5, 5.41) is 0.285. The van der Waals surface area contributed by atoms with Crippen molar-refractivity contribution in [1.82, 2.24) is 0 Å². The maximum atomic E-state index is 11.3. The van der Waals surface area contributed by atoms with E-state index in [0.717, 1.165) is 0 Å². The molecule has 0 aromatic heterocycles. The molecule has 2 N–H and O–H groups in total. The summed E-state index contributed by atoms with van der Waals surface area (Å²) in [6.45, 7) is 0. The summed E-state index contributed by atoms with van der Waals surface area (Å²) in [7, 11) is 2.70. The highest BCUT2D eigenvalue weighted by Gasteiger charge is 2.16. The van der Waals surface area contributed by atoms with Crippen molar-refractivity contribution in [2.45, 2.75) is 0 Å². The van der Waals surface area contributed by atoms with Crippen LogP contribution in [-0.4, -0.2) is 20.2 Å². The van der Waals surface area contributed by atoms with Crippen LogP contribution in [0, 0.1) is 0 Å². The molecule has 0 unspecified atom stereocenters. The molecule has 0 radical (unpaired) electrons. The molecule has 76 valence electrons. The molecule has 0 heterocycles. The molecule has 0 aliphatic carbocycles. The lowest BCUT2D eigenvalue weighted by atomic mass is 10.2. The lowest BCUT2D eigenvalue weighted by molar-refractivity contribution is 0.0597. The van der Waals surface area contributed by atoms with Crippen molar-refractivity contribution in [3.05, 3.63) is 22.7 Å². The molecule has 1 aromatic rings. The van der Waals surface area contributed by atoms with Crippen molar-refractivity contribution in [1.29, 1.82) is 0 Å². The Labute approximate surface area is 86.6 Å². The second-order valence-corrected chi connectivity index (χ2v) is 2.98. The van der Waals surface area contributed by atoms with E-state index in [0.29, 0.717) is 5.69 Å². The molecule has 0 aliphatic heterocycles. The number of esters is 1. The molecule has 0 atom stereocenters. The predicted molar refractivity (Wildman–Crippen MR) is 53.8 cm³/mol. The van der Waals surface area contributed by atoms with Crippen LogP contribution in [0.1, 0.15) is 10.4 Å². The number of carbonyl (C=O) groups excluding carboxylic acids is 1. The summed E-state index contributed by atoms with van der Waals surface area (Å²) in [6.07, 6.45) is 0. The molecule has 0 saturated carbocycles. The van der Waals surface area contributed by atoms with Crippen molar-refractivity contribution < 1.29 is 14.3 Å². The number of ether oxygens (including phenoxy) is 2. The van der Waals surface area contributed by atoms with Crippen molar-refractivity contribution in [3.8, 4) is 5.75 Å². The number of methoxy groups -OCH3 is 2. The minimum atomic E-state index is -0.531. The van der Waals surface area contributed by atoms with Crippen LogP contribution in [0.5, 0.6) is 5.75 Å². The highest BCUT2D eigenvalue weighted by molar-refractivity contribution is 6.33. The SMILES string of the molecule is COC(=O)c1cc(N)cc(Cl)c1OC. The Morgan fingerprint density at radius 2 is 2.07 bits per heavy atom. The maximum Gasteiger partial charge on any atom is 0.341 e. The third-order valence-electron chi connectivity index (χ3n) is 1.68. The van der Waals surface area contributed by atoms with E-state index in [9.17, 15) is 4.79 Å². The molecular weight excluding hydrogens is 206 g/mol. The second-order valence-electron chi connectivity index (χ2n) is 2.58. The summed E-state index contributed by atoms with van der Waals surface area (Å²) in [6, 6.07) is 2.96. The molecule has 0 spiro atoms. The van der Waals surface area contributed by atoms with Gasteiger partial charge in [0.25, 0.3) is 0 Å². The average Bonchev–Trinajstić information content (AvgIpc) is 2.15. The molecule has 5 heteroatoms. The summed E-state index contributed by atoms with van der Waals surface area (Å²) in [5.74, 6) is -0.260. The average molecular weight is 216 g/mol. The van der Waals surface area contributed by atoms with Crippen LogP contribution in [0.25, 0.3) is 0 Å². The number of anilines is 1. The van der Waals surface area contributed by atoms with Gasteiger partial charge in [-0.2, -0.15) is 0 Å². The normalized spacial score (nSPS) is 9.64. The Morgan fingerprint density at radius 1 is 1.43 bits per heavy atom. The lowest BCUT2D eigenvalue weighted by Crippen LogP contribution is -2.05. The number of nitrogens with two attached hydrogens (primary N) is 1. The van der Waals surface area contributed by atoms with Gasteiger partial charge in [0.2, 0.25) is 0 Å². The first-order chi connectivity index (χ1) is 6.60. The van der Waals surface area contributed by atoms with E-state index in [1.54, 1.807) is 0 Å². The largest absolute Gasteiger partial charge is 0.494 e. The molecule has 4 nitrogen and oxygen atoms in total. The van der Waals surface area contributed by atoms with Crippen LogP contribution in [0.4, 0.5) is 5.69 Å². The highest BCUT2D eigenvalue weighted by atomic mass is 35.5. The minimum absolute atomic E-state index is 0.222. The summed E-state index contributed by atoms with van der Waals surface area (Å²) >= 11 is 5.82. The number of nitrogen functional groups attached to an aromatic ring is 1. The maximum absolute atomic E-state index is 11.3. The zero-order valence-corrected chi connectivity index (χ0v) is 8.59. The third-order valence-corrected chi connectivity index (χ3v) is 1.96. The van der Waals surface area contributed by atoms with Gasteiger partial charge in [-0.25, -0.2) is 4.79 Å². The Kier molecular flexibility index (Phi) is 3.19. The number of carbonyl (C=O) groups is 1. The van der Waals surface area contributed by atoms with Gasteiger partial charge in [0.1, 0.15) is 5.56 Å². The number of benzene rings is 1. The van der Waals surface area contributed by atoms with Crippen molar-refractivity contribution >= 4 is 23.3 Å². The quantitative estimate of drug-likeness (QED) is 0.603. The number of hydrogen-bond acceptors (Lipinski definition) is 4. The van der Waals surface area contributed by atoms with Crippen LogP contribution in [0.2, 0.25) is 5.02 Å². The van der Waals surface area contributed by atoms with E-state index in [2.05, 4.69) is 4.74 Å². The molecule has 1 aromatic carbocycles. The zero-order chi connectivity index (χ0) is 10.7. The second kappa shape index (κ2) is 4.19. The molecule has 0 amide bonds. The lowest BCUT2D eigenvalue weighted by Gasteiger charge is -2.09. The first-order valence-corrected chi connectivity index (χ1v) is 4.19. The molecule has 0 aliphatic rings. The standard InChI is InChI=1S/C9H10ClNO3/c1-13-8-6(9(12)14-2)3-5(11)4-7(8)10/h3-4H,11H2,1-2H3. The van der Waals surface area contributed by atoms with Gasteiger partial charge >= 0.3 is 5.97 Å². The van der Waals surface area contributed by atoms with E-state index >= 15 is 0 Å². The smallest absolute Gasteiger partial charge is 0.341 e. The molecule has 14 heavy (non-hydrogen) atoms. The summed E-state index contributed by atoms with van der Waals surface area (Å²) in [4.78, 5) is 11.3. The van der Waals surface area contributed by atoms with E-state index < -0.39 is 5.97 Å². The Hall–Kier alpha value is -1.42. The predicted octanol–water partition coefficient (Wildman–Crippen LogP) is 1.72. The summed E-state index contributed by atoms with van der Waals surface area (Å²) < 4.78 is 9.52. The fourth-order valence-electron chi connectivity index (χ4n) is 1.08. The monoisotopic (exact) mass is 215 g/mol.